The Hall–Kier alpha value is -3.18. The minimum absolute atomic E-state index is 0.0285. The van der Waals surface area contributed by atoms with Crippen LogP contribution in [0.1, 0.15) is 11.1 Å². The number of benzene rings is 2. The van der Waals surface area contributed by atoms with Crippen LogP contribution in [0.4, 0.5) is 0 Å². The van der Waals surface area contributed by atoms with Crippen molar-refractivity contribution in [1.82, 2.24) is 9.80 Å². The van der Waals surface area contributed by atoms with Gasteiger partial charge < -0.3 is 9.64 Å². The number of hydrogen-bond acceptors (Lipinski definition) is 4. The molecule has 150 valence electrons. The summed E-state index contributed by atoms with van der Waals surface area (Å²) in [7, 11) is 1.39. The van der Waals surface area contributed by atoms with Crippen LogP contribution >= 0.6 is 0 Å². The number of methoxy groups -OCH3 is 1. The van der Waals surface area contributed by atoms with Crippen molar-refractivity contribution in [2.75, 3.05) is 26.7 Å². The van der Waals surface area contributed by atoms with Crippen LogP contribution in [-0.4, -0.2) is 48.4 Å². The molecule has 5 nitrogen and oxygen atoms in total. The first-order valence-corrected chi connectivity index (χ1v) is 9.65. The number of esters is 1. The first-order chi connectivity index (χ1) is 14.1. The highest BCUT2D eigenvalue weighted by molar-refractivity contribution is 5.90. The van der Waals surface area contributed by atoms with Gasteiger partial charge in [-0.1, -0.05) is 66.7 Å². The van der Waals surface area contributed by atoms with Crippen molar-refractivity contribution in [2.24, 2.45) is 5.92 Å². The molecule has 2 aromatic rings. The van der Waals surface area contributed by atoms with Crippen molar-refractivity contribution in [1.29, 1.82) is 0 Å². The van der Waals surface area contributed by atoms with Gasteiger partial charge in [-0.15, -0.1) is 6.58 Å². The molecule has 29 heavy (non-hydrogen) atoms. The van der Waals surface area contributed by atoms with Crippen molar-refractivity contribution in [3.63, 3.8) is 0 Å². The van der Waals surface area contributed by atoms with Gasteiger partial charge in [0.1, 0.15) is 0 Å². The Morgan fingerprint density at radius 2 is 1.79 bits per heavy atom. The van der Waals surface area contributed by atoms with Crippen LogP contribution in [0.3, 0.4) is 0 Å². The minimum Gasteiger partial charge on any atom is -0.469 e. The smallest absolute Gasteiger partial charge is 0.313 e. The minimum atomic E-state index is -0.487. The molecular formula is C24H26N2O3. The maximum absolute atomic E-state index is 13.2. The predicted molar refractivity (Wildman–Crippen MR) is 114 cm³/mol. The van der Waals surface area contributed by atoms with E-state index in [0.29, 0.717) is 25.3 Å². The van der Waals surface area contributed by atoms with Crippen molar-refractivity contribution in [3.05, 3.63) is 90.5 Å². The van der Waals surface area contributed by atoms with E-state index in [0.717, 1.165) is 11.1 Å². The molecule has 1 heterocycles. The molecule has 1 aliphatic heterocycles. The SMILES string of the molecule is C=CCN1C(=O)CN(Cc2ccccc2)CC(C(=O)OC)/C=C\1c1ccccc1. The number of ether oxygens (including phenoxy) is 1. The predicted octanol–water partition coefficient (Wildman–Crippen LogP) is 3.35. The summed E-state index contributed by atoms with van der Waals surface area (Å²) in [4.78, 5) is 29.4. The zero-order valence-electron chi connectivity index (χ0n) is 16.7. The van der Waals surface area contributed by atoms with E-state index >= 15 is 0 Å². The lowest BCUT2D eigenvalue weighted by molar-refractivity contribution is -0.145. The maximum atomic E-state index is 13.2. The summed E-state index contributed by atoms with van der Waals surface area (Å²) >= 11 is 0. The zero-order valence-corrected chi connectivity index (χ0v) is 16.7. The molecule has 0 aromatic heterocycles. The molecular weight excluding hydrogens is 364 g/mol. The van der Waals surface area contributed by atoms with E-state index in [1.165, 1.54) is 7.11 Å². The van der Waals surface area contributed by atoms with Gasteiger partial charge in [-0.3, -0.25) is 14.5 Å². The average Bonchev–Trinajstić information content (AvgIpc) is 2.75. The van der Waals surface area contributed by atoms with Gasteiger partial charge in [0.05, 0.1) is 19.6 Å². The summed E-state index contributed by atoms with van der Waals surface area (Å²) < 4.78 is 5.06. The van der Waals surface area contributed by atoms with Crippen molar-refractivity contribution in [2.45, 2.75) is 6.54 Å². The molecule has 1 aliphatic rings. The first-order valence-electron chi connectivity index (χ1n) is 9.65. The molecule has 1 unspecified atom stereocenters. The van der Waals surface area contributed by atoms with Crippen molar-refractivity contribution in [3.8, 4) is 0 Å². The van der Waals surface area contributed by atoms with Gasteiger partial charge in [0.2, 0.25) is 5.91 Å². The second-order valence-corrected chi connectivity index (χ2v) is 7.00. The monoisotopic (exact) mass is 390 g/mol. The van der Waals surface area contributed by atoms with Crippen LogP contribution in [0.25, 0.3) is 5.70 Å². The lowest BCUT2D eigenvalue weighted by atomic mass is 10.0. The lowest BCUT2D eigenvalue weighted by Crippen LogP contribution is -2.44. The summed E-state index contributed by atoms with van der Waals surface area (Å²) in [6.45, 7) is 5.37. The highest BCUT2D eigenvalue weighted by atomic mass is 16.5. The van der Waals surface area contributed by atoms with Gasteiger partial charge >= 0.3 is 5.97 Å². The Morgan fingerprint density at radius 3 is 2.41 bits per heavy atom. The summed E-state index contributed by atoms with van der Waals surface area (Å²) in [6.07, 6.45) is 3.55. The maximum Gasteiger partial charge on any atom is 0.313 e. The van der Waals surface area contributed by atoms with E-state index in [2.05, 4.69) is 6.58 Å². The molecule has 0 fully saturated rings. The Morgan fingerprint density at radius 1 is 1.14 bits per heavy atom. The number of carbonyl (C=O) groups is 2. The van der Waals surface area contributed by atoms with Crippen LogP contribution in [0.15, 0.2) is 79.4 Å². The van der Waals surface area contributed by atoms with E-state index < -0.39 is 5.92 Å². The summed E-state index contributed by atoms with van der Waals surface area (Å²) in [5, 5.41) is 0. The fourth-order valence-corrected chi connectivity index (χ4v) is 3.53. The van der Waals surface area contributed by atoms with Crippen LogP contribution in [0, 0.1) is 5.92 Å². The van der Waals surface area contributed by atoms with Gasteiger partial charge in [-0.2, -0.15) is 0 Å². The van der Waals surface area contributed by atoms with E-state index in [1.807, 2.05) is 71.6 Å². The largest absolute Gasteiger partial charge is 0.469 e. The Kier molecular flexibility index (Phi) is 6.98. The van der Waals surface area contributed by atoms with Gasteiger partial charge in [0.25, 0.3) is 0 Å². The van der Waals surface area contributed by atoms with E-state index in [9.17, 15) is 9.59 Å². The average molecular weight is 390 g/mol. The summed E-state index contributed by atoms with van der Waals surface area (Å²) in [6, 6.07) is 19.6. The number of amides is 1. The second kappa shape index (κ2) is 9.85. The molecule has 0 saturated heterocycles. The van der Waals surface area contributed by atoms with Gasteiger partial charge in [-0.05, 0) is 17.2 Å². The third kappa shape index (κ3) is 5.21. The van der Waals surface area contributed by atoms with Gasteiger partial charge in [0.15, 0.2) is 0 Å². The summed E-state index contributed by atoms with van der Waals surface area (Å²) in [5.74, 6) is -0.831. The molecule has 5 heteroatoms. The first kappa shape index (κ1) is 20.6. The molecule has 0 radical (unpaired) electrons. The standard InChI is InChI=1S/C24H26N2O3/c1-3-14-26-22(20-12-8-5-9-13-20)15-21(24(28)29-2)17-25(18-23(26)27)16-19-10-6-4-7-11-19/h3-13,15,21H,1,14,16-18H2,2H3/b22-15-. The van der Waals surface area contributed by atoms with Crippen molar-refractivity contribution >= 4 is 17.6 Å². The zero-order chi connectivity index (χ0) is 20.6. The highest BCUT2D eigenvalue weighted by Gasteiger charge is 2.30. The molecule has 1 atom stereocenters. The third-order valence-electron chi connectivity index (χ3n) is 4.90. The van der Waals surface area contributed by atoms with Gasteiger partial charge in [0, 0.05) is 25.3 Å². The normalized spacial score (nSPS) is 19.6. The lowest BCUT2D eigenvalue weighted by Gasteiger charge is -2.33. The third-order valence-corrected chi connectivity index (χ3v) is 4.90. The summed E-state index contributed by atoms with van der Waals surface area (Å²) in [5.41, 5.74) is 2.69. The molecule has 0 spiro atoms. The van der Waals surface area contributed by atoms with E-state index in [-0.39, 0.29) is 18.4 Å². The van der Waals surface area contributed by atoms with Crippen LogP contribution in [0.5, 0.6) is 0 Å². The number of nitrogens with zero attached hydrogens (tertiary/aromatic N) is 2. The number of carbonyl (C=O) groups excluding carboxylic acids is 2. The number of rotatable bonds is 6. The molecule has 0 bridgehead atoms. The van der Waals surface area contributed by atoms with Crippen LogP contribution < -0.4 is 0 Å². The molecule has 0 saturated carbocycles. The fourth-order valence-electron chi connectivity index (χ4n) is 3.53. The Bertz CT molecular complexity index is 878. The molecule has 1 amide bonds. The Labute approximate surface area is 171 Å². The molecule has 0 N–H and O–H groups in total. The highest BCUT2D eigenvalue weighted by Crippen LogP contribution is 2.25. The van der Waals surface area contributed by atoms with Crippen LogP contribution in [0.2, 0.25) is 0 Å². The van der Waals surface area contributed by atoms with Crippen molar-refractivity contribution < 1.29 is 14.3 Å². The quantitative estimate of drug-likeness (QED) is 0.561. The number of hydrogen-bond donors (Lipinski definition) is 0. The topological polar surface area (TPSA) is 49.9 Å². The van der Waals surface area contributed by atoms with E-state index in [1.54, 1.807) is 11.0 Å². The Balaban J connectivity index is 2.00. The molecule has 3 rings (SSSR count). The van der Waals surface area contributed by atoms with E-state index in [4.69, 9.17) is 4.74 Å². The van der Waals surface area contributed by atoms with Crippen LogP contribution in [-0.2, 0) is 20.9 Å². The van der Waals surface area contributed by atoms with Gasteiger partial charge in [-0.25, -0.2) is 0 Å². The fraction of sp³-hybridized carbons (Fsp3) is 0.250. The molecule has 2 aromatic carbocycles. The second-order valence-electron chi connectivity index (χ2n) is 7.00. The molecule has 0 aliphatic carbocycles.